The molecule has 0 amide bonds. The summed E-state index contributed by atoms with van der Waals surface area (Å²) >= 11 is 5.82. The van der Waals surface area contributed by atoms with E-state index in [-0.39, 0.29) is 10.6 Å². The number of aryl methyl sites for hydroxylation is 1. The molecule has 17 heavy (non-hydrogen) atoms. The molecular formula is C12H11ClN2O2. The van der Waals surface area contributed by atoms with Gasteiger partial charge in [0.15, 0.2) is 0 Å². The third-order valence-electron chi connectivity index (χ3n) is 2.51. The van der Waals surface area contributed by atoms with Gasteiger partial charge in [-0.25, -0.2) is 4.79 Å². The molecule has 0 aliphatic carbocycles. The Bertz CT molecular complexity index is 563. The first-order chi connectivity index (χ1) is 8.13. The molecular weight excluding hydrogens is 240 g/mol. The van der Waals surface area contributed by atoms with Crippen LogP contribution in [0.4, 0.5) is 0 Å². The largest absolute Gasteiger partial charge is 0.478 e. The summed E-state index contributed by atoms with van der Waals surface area (Å²) in [7, 11) is 0. The molecule has 1 N–H and O–H groups in total. The van der Waals surface area contributed by atoms with Gasteiger partial charge in [0.2, 0.25) is 0 Å². The van der Waals surface area contributed by atoms with Crippen LogP contribution < -0.4 is 0 Å². The van der Waals surface area contributed by atoms with Crippen LogP contribution in [0.5, 0.6) is 0 Å². The number of carboxylic acid groups (broad SMARTS) is 1. The van der Waals surface area contributed by atoms with E-state index in [2.05, 4.69) is 5.10 Å². The molecule has 0 bridgehead atoms. The van der Waals surface area contributed by atoms with Crippen LogP contribution in [0.15, 0.2) is 30.5 Å². The Labute approximate surface area is 103 Å². The molecule has 0 aliphatic heterocycles. The Hall–Kier alpha value is -1.81. The minimum absolute atomic E-state index is 0.105. The van der Waals surface area contributed by atoms with Crippen LogP contribution in [-0.2, 0) is 6.54 Å². The van der Waals surface area contributed by atoms with Crippen molar-refractivity contribution in [3.05, 3.63) is 41.0 Å². The number of halogens is 1. The number of nitrogens with zero attached hydrogens (tertiary/aromatic N) is 2. The molecule has 0 saturated heterocycles. The zero-order valence-electron chi connectivity index (χ0n) is 9.22. The minimum Gasteiger partial charge on any atom is -0.478 e. The maximum atomic E-state index is 11.0. The van der Waals surface area contributed by atoms with E-state index in [1.165, 1.54) is 0 Å². The Morgan fingerprint density at radius 3 is 2.88 bits per heavy atom. The van der Waals surface area contributed by atoms with Crippen molar-refractivity contribution in [3.8, 4) is 11.3 Å². The molecule has 1 heterocycles. The molecule has 0 aliphatic rings. The highest BCUT2D eigenvalue weighted by molar-refractivity contribution is 6.33. The van der Waals surface area contributed by atoms with Crippen molar-refractivity contribution in [1.82, 2.24) is 9.78 Å². The van der Waals surface area contributed by atoms with Crippen LogP contribution in [0.2, 0.25) is 5.02 Å². The van der Waals surface area contributed by atoms with Gasteiger partial charge in [-0.05, 0) is 25.1 Å². The van der Waals surface area contributed by atoms with Gasteiger partial charge < -0.3 is 5.11 Å². The van der Waals surface area contributed by atoms with Crippen molar-refractivity contribution in [2.75, 3.05) is 0 Å². The number of hydrogen-bond donors (Lipinski definition) is 1. The summed E-state index contributed by atoms with van der Waals surface area (Å²) in [5.74, 6) is -1.03. The van der Waals surface area contributed by atoms with Crippen LogP contribution in [0.1, 0.15) is 17.3 Å². The predicted octanol–water partition coefficient (Wildman–Crippen LogP) is 2.92. The van der Waals surface area contributed by atoms with Gasteiger partial charge >= 0.3 is 5.97 Å². The van der Waals surface area contributed by atoms with Crippen LogP contribution >= 0.6 is 11.6 Å². The van der Waals surface area contributed by atoms with E-state index in [1.54, 1.807) is 29.1 Å². The zero-order chi connectivity index (χ0) is 12.4. The quantitative estimate of drug-likeness (QED) is 0.911. The summed E-state index contributed by atoms with van der Waals surface area (Å²) in [5.41, 5.74) is 1.78. The fraction of sp³-hybridized carbons (Fsp3) is 0.167. The van der Waals surface area contributed by atoms with Gasteiger partial charge in [0, 0.05) is 18.3 Å². The Balaban J connectivity index is 2.54. The smallest absolute Gasteiger partial charge is 0.337 e. The number of aromatic carboxylic acids is 1. The van der Waals surface area contributed by atoms with E-state index in [0.29, 0.717) is 0 Å². The fourth-order valence-electron chi connectivity index (χ4n) is 1.68. The standard InChI is InChI=1S/C12H11ClN2O2/c1-2-15-11(5-6-14-15)8-3-4-10(13)9(7-8)12(16)17/h3-7H,2H2,1H3,(H,16,17). The van der Waals surface area contributed by atoms with Gasteiger partial charge in [0.1, 0.15) is 0 Å². The lowest BCUT2D eigenvalue weighted by Gasteiger charge is -2.06. The molecule has 1 aromatic carbocycles. The van der Waals surface area contributed by atoms with Crippen molar-refractivity contribution in [2.24, 2.45) is 0 Å². The third kappa shape index (κ3) is 2.17. The van der Waals surface area contributed by atoms with Gasteiger partial charge in [-0.3, -0.25) is 4.68 Å². The first kappa shape index (κ1) is 11.7. The van der Waals surface area contributed by atoms with Crippen molar-refractivity contribution < 1.29 is 9.90 Å². The van der Waals surface area contributed by atoms with Gasteiger partial charge in [-0.2, -0.15) is 5.10 Å². The zero-order valence-corrected chi connectivity index (χ0v) is 9.98. The number of carbonyl (C=O) groups is 1. The predicted molar refractivity (Wildman–Crippen MR) is 65.3 cm³/mol. The molecule has 5 heteroatoms. The lowest BCUT2D eigenvalue weighted by atomic mass is 10.1. The maximum absolute atomic E-state index is 11.0. The lowest BCUT2D eigenvalue weighted by Crippen LogP contribution is -2.01. The number of benzene rings is 1. The molecule has 0 radical (unpaired) electrons. The number of hydrogen-bond acceptors (Lipinski definition) is 2. The average molecular weight is 251 g/mol. The molecule has 2 aromatic rings. The molecule has 88 valence electrons. The second kappa shape index (κ2) is 4.59. The molecule has 0 fully saturated rings. The summed E-state index contributed by atoms with van der Waals surface area (Å²) < 4.78 is 1.80. The minimum atomic E-state index is -1.03. The van der Waals surface area contributed by atoms with E-state index in [9.17, 15) is 4.79 Å². The lowest BCUT2D eigenvalue weighted by molar-refractivity contribution is 0.0697. The monoisotopic (exact) mass is 250 g/mol. The second-order valence-electron chi connectivity index (χ2n) is 3.53. The van der Waals surface area contributed by atoms with Crippen molar-refractivity contribution in [2.45, 2.75) is 13.5 Å². The van der Waals surface area contributed by atoms with Crippen LogP contribution in [0, 0.1) is 0 Å². The second-order valence-corrected chi connectivity index (χ2v) is 3.94. The van der Waals surface area contributed by atoms with Gasteiger partial charge in [0.25, 0.3) is 0 Å². The van der Waals surface area contributed by atoms with Crippen LogP contribution in [0.3, 0.4) is 0 Å². The van der Waals surface area contributed by atoms with Crippen molar-refractivity contribution in [3.63, 3.8) is 0 Å². The van der Waals surface area contributed by atoms with Crippen LogP contribution in [-0.4, -0.2) is 20.9 Å². The molecule has 0 unspecified atom stereocenters. The van der Waals surface area contributed by atoms with Crippen molar-refractivity contribution in [1.29, 1.82) is 0 Å². The van der Waals surface area contributed by atoms with E-state index in [4.69, 9.17) is 16.7 Å². The first-order valence-electron chi connectivity index (χ1n) is 5.18. The van der Waals surface area contributed by atoms with Crippen LogP contribution in [0.25, 0.3) is 11.3 Å². The highest BCUT2D eigenvalue weighted by Gasteiger charge is 2.12. The molecule has 1 aromatic heterocycles. The molecule has 2 rings (SSSR count). The van der Waals surface area contributed by atoms with E-state index >= 15 is 0 Å². The number of aromatic nitrogens is 2. The topological polar surface area (TPSA) is 55.1 Å². The SMILES string of the molecule is CCn1nccc1-c1ccc(Cl)c(C(=O)O)c1. The number of rotatable bonds is 3. The fourth-order valence-corrected chi connectivity index (χ4v) is 1.88. The summed E-state index contributed by atoms with van der Waals surface area (Å²) in [6.07, 6.45) is 1.69. The normalized spacial score (nSPS) is 10.5. The summed E-state index contributed by atoms with van der Waals surface area (Å²) in [4.78, 5) is 11.0. The molecule has 0 spiro atoms. The van der Waals surface area contributed by atoms with Gasteiger partial charge in [0.05, 0.1) is 16.3 Å². The van der Waals surface area contributed by atoms with E-state index in [0.717, 1.165) is 17.8 Å². The summed E-state index contributed by atoms with van der Waals surface area (Å²) in [6.45, 7) is 2.71. The van der Waals surface area contributed by atoms with Gasteiger partial charge in [-0.15, -0.1) is 0 Å². The summed E-state index contributed by atoms with van der Waals surface area (Å²) in [5, 5.41) is 13.4. The Morgan fingerprint density at radius 1 is 1.47 bits per heavy atom. The Kier molecular flexibility index (Phi) is 3.15. The van der Waals surface area contributed by atoms with E-state index in [1.807, 2.05) is 13.0 Å². The molecule has 0 atom stereocenters. The van der Waals surface area contributed by atoms with E-state index < -0.39 is 5.97 Å². The van der Waals surface area contributed by atoms with Crippen molar-refractivity contribution >= 4 is 17.6 Å². The summed E-state index contributed by atoms with van der Waals surface area (Å²) in [6, 6.07) is 6.79. The average Bonchev–Trinajstić information content (AvgIpc) is 2.77. The Morgan fingerprint density at radius 2 is 2.24 bits per heavy atom. The maximum Gasteiger partial charge on any atom is 0.337 e. The molecule has 0 saturated carbocycles. The third-order valence-corrected chi connectivity index (χ3v) is 2.84. The van der Waals surface area contributed by atoms with Gasteiger partial charge in [-0.1, -0.05) is 17.7 Å². The number of carboxylic acids is 1. The highest BCUT2D eigenvalue weighted by Crippen LogP contribution is 2.25. The molecule has 4 nitrogen and oxygen atoms in total. The first-order valence-corrected chi connectivity index (χ1v) is 5.56. The highest BCUT2D eigenvalue weighted by atomic mass is 35.5.